The summed E-state index contributed by atoms with van der Waals surface area (Å²) in [5.41, 5.74) is 2.26. The van der Waals surface area contributed by atoms with Crippen LogP contribution in [0.1, 0.15) is 12.6 Å². The number of ether oxygens (including phenoxy) is 1. The van der Waals surface area contributed by atoms with Gasteiger partial charge in [0, 0.05) is 17.1 Å². The lowest BCUT2D eigenvalue weighted by Crippen LogP contribution is -2.17. The molecule has 3 heterocycles. The molecule has 0 unspecified atom stereocenters. The first-order valence-electron chi connectivity index (χ1n) is 9.00. The minimum Gasteiger partial charge on any atom is -0.494 e. The first-order valence-corrected chi connectivity index (χ1v) is 9.88. The molecule has 0 radical (unpaired) electrons. The van der Waals surface area contributed by atoms with Crippen molar-refractivity contribution in [1.29, 1.82) is 0 Å². The summed E-state index contributed by atoms with van der Waals surface area (Å²) >= 11 is 1.50. The zero-order valence-corrected chi connectivity index (χ0v) is 16.5. The van der Waals surface area contributed by atoms with E-state index in [0.29, 0.717) is 23.8 Å². The molecule has 3 aromatic heterocycles. The largest absolute Gasteiger partial charge is 0.494 e. The van der Waals surface area contributed by atoms with Crippen LogP contribution in [0.3, 0.4) is 0 Å². The Morgan fingerprint density at radius 2 is 2.10 bits per heavy atom. The second-order valence-corrected chi connectivity index (χ2v) is 6.90. The van der Waals surface area contributed by atoms with Crippen LogP contribution in [0, 0.1) is 0 Å². The lowest BCUT2D eigenvalue weighted by Gasteiger charge is -2.08. The fraction of sp³-hybridized carbons (Fsp3) is 0.150. The number of thiazole rings is 1. The highest BCUT2D eigenvalue weighted by Gasteiger charge is 2.13. The maximum atomic E-state index is 12.5. The number of carbonyl (C=O) groups excluding carboxylic acids is 1. The van der Waals surface area contributed by atoms with Crippen LogP contribution in [0.4, 0.5) is 5.69 Å². The summed E-state index contributed by atoms with van der Waals surface area (Å²) in [5, 5.41) is 9.70. The minimum atomic E-state index is -0.178. The van der Waals surface area contributed by atoms with E-state index in [2.05, 4.69) is 25.4 Å². The highest BCUT2D eigenvalue weighted by Crippen LogP contribution is 2.26. The Labute approximate surface area is 171 Å². The van der Waals surface area contributed by atoms with Crippen LogP contribution in [0.25, 0.3) is 16.4 Å². The third kappa shape index (κ3) is 4.46. The molecule has 0 atom stereocenters. The quantitative estimate of drug-likeness (QED) is 0.506. The molecule has 0 spiro atoms. The third-order valence-corrected chi connectivity index (χ3v) is 4.94. The second-order valence-electron chi connectivity index (χ2n) is 6.04. The van der Waals surface area contributed by atoms with Crippen LogP contribution in [0.2, 0.25) is 0 Å². The lowest BCUT2D eigenvalue weighted by molar-refractivity contribution is -0.115. The standard InChI is InChI=1S/C20H18N6O2S/c1-2-28-16-7-5-14(6-8-16)20-24-15(11-29-20)10-18(27)25-17-4-3-9-22-19(17)26-13-21-12-23-26/h3-9,11-13H,2,10H2,1H3,(H,25,27). The molecule has 0 saturated carbocycles. The van der Waals surface area contributed by atoms with Gasteiger partial charge in [0.15, 0.2) is 5.82 Å². The van der Waals surface area contributed by atoms with Gasteiger partial charge in [-0.25, -0.2) is 19.6 Å². The van der Waals surface area contributed by atoms with E-state index in [1.165, 1.54) is 28.7 Å². The summed E-state index contributed by atoms with van der Waals surface area (Å²) < 4.78 is 6.96. The number of hydrogen-bond donors (Lipinski definition) is 1. The molecule has 0 bridgehead atoms. The lowest BCUT2D eigenvalue weighted by atomic mass is 10.2. The highest BCUT2D eigenvalue weighted by molar-refractivity contribution is 7.13. The Balaban J connectivity index is 1.44. The Bertz CT molecular complexity index is 1090. The molecular weight excluding hydrogens is 388 g/mol. The van der Waals surface area contributed by atoms with Crippen LogP contribution >= 0.6 is 11.3 Å². The van der Waals surface area contributed by atoms with Crippen LogP contribution in [0.5, 0.6) is 5.75 Å². The van der Waals surface area contributed by atoms with Crippen LogP contribution in [0.15, 0.2) is 60.6 Å². The summed E-state index contributed by atoms with van der Waals surface area (Å²) in [7, 11) is 0. The third-order valence-electron chi connectivity index (χ3n) is 4.00. The first kappa shape index (κ1) is 18.8. The number of hydrogen-bond acceptors (Lipinski definition) is 7. The van der Waals surface area contributed by atoms with Crippen molar-refractivity contribution in [2.75, 3.05) is 11.9 Å². The van der Waals surface area contributed by atoms with Gasteiger partial charge < -0.3 is 10.1 Å². The molecule has 146 valence electrons. The predicted molar refractivity (Wildman–Crippen MR) is 110 cm³/mol. The van der Waals surface area contributed by atoms with E-state index in [9.17, 15) is 4.79 Å². The van der Waals surface area contributed by atoms with Crippen molar-refractivity contribution in [2.24, 2.45) is 0 Å². The zero-order valence-electron chi connectivity index (χ0n) is 15.6. The van der Waals surface area contributed by atoms with Crippen molar-refractivity contribution in [3.05, 3.63) is 66.3 Å². The molecule has 1 aromatic carbocycles. The average Bonchev–Trinajstić information content (AvgIpc) is 3.42. The molecule has 0 fully saturated rings. The van der Waals surface area contributed by atoms with E-state index in [4.69, 9.17) is 4.74 Å². The second kappa shape index (κ2) is 8.61. The summed E-state index contributed by atoms with van der Waals surface area (Å²) in [6, 6.07) is 11.3. The highest BCUT2D eigenvalue weighted by atomic mass is 32.1. The molecule has 0 saturated heterocycles. The Morgan fingerprint density at radius 3 is 2.86 bits per heavy atom. The molecule has 4 rings (SSSR count). The maximum absolute atomic E-state index is 12.5. The number of nitrogens with one attached hydrogen (secondary N) is 1. The van der Waals surface area contributed by atoms with Gasteiger partial charge in [0.25, 0.3) is 0 Å². The normalized spacial score (nSPS) is 10.7. The van der Waals surface area contributed by atoms with E-state index in [1.807, 2.05) is 36.6 Å². The topological polar surface area (TPSA) is 94.8 Å². The average molecular weight is 406 g/mol. The molecule has 9 heteroatoms. The van der Waals surface area contributed by atoms with E-state index in [-0.39, 0.29) is 12.3 Å². The molecule has 0 aliphatic rings. The van der Waals surface area contributed by atoms with Gasteiger partial charge in [-0.2, -0.15) is 5.10 Å². The number of amides is 1. The minimum absolute atomic E-state index is 0.166. The molecule has 29 heavy (non-hydrogen) atoms. The van der Waals surface area contributed by atoms with Crippen molar-refractivity contribution < 1.29 is 9.53 Å². The van der Waals surface area contributed by atoms with E-state index in [1.54, 1.807) is 18.3 Å². The van der Waals surface area contributed by atoms with E-state index < -0.39 is 0 Å². The van der Waals surface area contributed by atoms with Gasteiger partial charge in [-0.1, -0.05) is 0 Å². The number of carbonyl (C=O) groups is 1. The Morgan fingerprint density at radius 1 is 1.24 bits per heavy atom. The van der Waals surface area contributed by atoms with Crippen LogP contribution in [-0.4, -0.2) is 37.2 Å². The van der Waals surface area contributed by atoms with Gasteiger partial charge in [0.2, 0.25) is 5.91 Å². The molecular formula is C20H18N6O2S. The van der Waals surface area contributed by atoms with Gasteiger partial charge in [0.1, 0.15) is 23.4 Å². The SMILES string of the molecule is CCOc1ccc(-c2nc(CC(=O)Nc3cccnc3-n3cncn3)cs2)cc1. The van der Waals surface area contributed by atoms with Crippen molar-refractivity contribution in [3.63, 3.8) is 0 Å². The molecule has 0 aliphatic heterocycles. The van der Waals surface area contributed by atoms with Gasteiger partial charge >= 0.3 is 0 Å². The first-order chi connectivity index (χ1) is 14.2. The molecule has 8 nitrogen and oxygen atoms in total. The monoisotopic (exact) mass is 406 g/mol. The van der Waals surface area contributed by atoms with Crippen molar-refractivity contribution in [1.82, 2.24) is 24.7 Å². The smallest absolute Gasteiger partial charge is 0.230 e. The predicted octanol–water partition coefficient (Wildman–Crippen LogP) is 3.37. The molecule has 1 amide bonds. The van der Waals surface area contributed by atoms with Gasteiger partial charge in [-0.05, 0) is 43.3 Å². The summed E-state index contributed by atoms with van der Waals surface area (Å²) in [5.74, 6) is 1.15. The number of rotatable bonds is 7. The number of nitrogens with zero attached hydrogens (tertiary/aromatic N) is 5. The maximum Gasteiger partial charge on any atom is 0.230 e. The van der Waals surface area contributed by atoms with Gasteiger partial charge in [-0.3, -0.25) is 4.79 Å². The molecule has 0 aliphatic carbocycles. The zero-order chi connectivity index (χ0) is 20.1. The Hall–Kier alpha value is -3.59. The van der Waals surface area contributed by atoms with Gasteiger partial charge in [-0.15, -0.1) is 11.3 Å². The Kier molecular flexibility index (Phi) is 5.57. The number of benzene rings is 1. The fourth-order valence-corrected chi connectivity index (χ4v) is 3.56. The van der Waals surface area contributed by atoms with E-state index in [0.717, 1.165) is 16.3 Å². The summed E-state index contributed by atoms with van der Waals surface area (Å²) in [6.07, 6.45) is 4.74. The van der Waals surface area contributed by atoms with Crippen molar-refractivity contribution in [3.8, 4) is 22.1 Å². The number of pyridine rings is 1. The fourth-order valence-electron chi connectivity index (χ4n) is 2.73. The van der Waals surface area contributed by atoms with Crippen molar-refractivity contribution in [2.45, 2.75) is 13.3 Å². The van der Waals surface area contributed by atoms with Crippen LogP contribution in [-0.2, 0) is 11.2 Å². The number of aromatic nitrogens is 5. The molecule has 1 N–H and O–H groups in total. The van der Waals surface area contributed by atoms with E-state index >= 15 is 0 Å². The summed E-state index contributed by atoms with van der Waals surface area (Å²) in [4.78, 5) is 25.3. The molecule has 4 aromatic rings. The van der Waals surface area contributed by atoms with Gasteiger partial charge in [0.05, 0.1) is 24.4 Å². The number of anilines is 1. The van der Waals surface area contributed by atoms with Crippen LogP contribution < -0.4 is 10.1 Å². The summed E-state index contributed by atoms with van der Waals surface area (Å²) in [6.45, 7) is 2.58. The van der Waals surface area contributed by atoms with Crippen molar-refractivity contribution >= 4 is 22.9 Å².